The minimum absolute atomic E-state index is 0.0394. The number of imidazole rings is 1. The normalized spacial score (nSPS) is 11.3. The third-order valence-corrected chi connectivity index (χ3v) is 5.48. The van der Waals surface area contributed by atoms with Gasteiger partial charge in [-0.25, -0.2) is 19.3 Å². The van der Waals surface area contributed by atoms with Crippen molar-refractivity contribution in [2.45, 2.75) is 20.4 Å². The summed E-state index contributed by atoms with van der Waals surface area (Å²) in [4.78, 5) is 36.3. The van der Waals surface area contributed by atoms with Gasteiger partial charge in [-0.15, -0.1) is 0 Å². The molecule has 0 amide bonds. The summed E-state index contributed by atoms with van der Waals surface area (Å²) in [7, 11) is 1.54. The Bertz CT molecular complexity index is 1580. The monoisotopic (exact) mass is 427 g/mol. The molecular weight excluding hydrogens is 406 g/mol. The summed E-state index contributed by atoms with van der Waals surface area (Å²) in [6.07, 6.45) is 3.69. The highest BCUT2D eigenvalue weighted by atomic mass is 16.5. The molecule has 0 aliphatic rings. The van der Waals surface area contributed by atoms with Crippen molar-refractivity contribution in [1.82, 2.24) is 23.5 Å². The van der Waals surface area contributed by atoms with Crippen LogP contribution in [0, 0.1) is 13.8 Å². The van der Waals surface area contributed by atoms with E-state index in [0.717, 1.165) is 16.9 Å². The molecule has 0 fully saturated rings. The number of hydrogen-bond donors (Lipinski definition) is 0. The lowest BCUT2D eigenvalue weighted by Crippen LogP contribution is -2.40. The lowest BCUT2D eigenvalue weighted by molar-refractivity contribution is 0.412. The molecule has 160 valence electrons. The van der Waals surface area contributed by atoms with E-state index in [1.165, 1.54) is 9.13 Å². The lowest BCUT2D eigenvalue weighted by atomic mass is 10.1. The van der Waals surface area contributed by atoms with Crippen LogP contribution in [0.25, 0.3) is 22.4 Å². The van der Waals surface area contributed by atoms with Crippen LogP contribution in [0.2, 0.25) is 0 Å². The molecule has 4 aromatic heterocycles. The minimum Gasteiger partial charge on any atom is -0.495 e. The van der Waals surface area contributed by atoms with Gasteiger partial charge in [0.25, 0.3) is 5.56 Å². The number of aryl methyl sites for hydroxylation is 2. The quantitative estimate of drug-likeness (QED) is 0.440. The van der Waals surface area contributed by atoms with Crippen molar-refractivity contribution in [3.63, 3.8) is 0 Å². The summed E-state index contributed by atoms with van der Waals surface area (Å²) in [5.74, 6) is 0.509. The third kappa shape index (κ3) is 3.08. The fourth-order valence-electron chi connectivity index (χ4n) is 4.07. The highest BCUT2D eigenvalue weighted by molar-refractivity contribution is 5.80. The topological polar surface area (TPSA) is 83.4 Å². The molecule has 1 aromatic carbocycles. The molecule has 4 heterocycles. The number of fused-ring (bicyclic) bond motifs is 2. The van der Waals surface area contributed by atoms with Gasteiger partial charge in [-0.2, -0.15) is 0 Å². The summed E-state index contributed by atoms with van der Waals surface area (Å²) < 4.78 is 10.0. The molecule has 0 N–H and O–H groups in total. The van der Waals surface area contributed by atoms with Crippen LogP contribution in [-0.4, -0.2) is 30.6 Å². The van der Waals surface area contributed by atoms with Crippen LogP contribution in [-0.2, 0) is 6.54 Å². The first-order chi connectivity index (χ1) is 15.5. The molecule has 32 heavy (non-hydrogen) atoms. The van der Waals surface area contributed by atoms with Crippen molar-refractivity contribution in [1.29, 1.82) is 0 Å². The van der Waals surface area contributed by atoms with E-state index in [2.05, 4.69) is 9.97 Å². The molecule has 0 aliphatic carbocycles. The number of methoxy groups -OCH3 is 1. The zero-order valence-corrected chi connectivity index (χ0v) is 17.9. The Kier molecular flexibility index (Phi) is 4.62. The Morgan fingerprint density at radius 3 is 2.56 bits per heavy atom. The number of rotatable bonds is 4. The van der Waals surface area contributed by atoms with Crippen LogP contribution >= 0.6 is 0 Å². The first kappa shape index (κ1) is 19.7. The number of ether oxygens (including phenoxy) is 1. The third-order valence-electron chi connectivity index (χ3n) is 5.48. The first-order valence-corrected chi connectivity index (χ1v) is 10.2. The van der Waals surface area contributed by atoms with E-state index in [1.54, 1.807) is 19.2 Å². The van der Waals surface area contributed by atoms with Crippen LogP contribution in [0.1, 0.15) is 17.0 Å². The summed E-state index contributed by atoms with van der Waals surface area (Å²) >= 11 is 0. The van der Waals surface area contributed by atoms with E-state index in [4.69, 9.17) is 4.74 Å². The second-order valence-corrected chi connectivity index (χ2v) is 7.66. The fraction of sp³-hybridized carbons (Fsp3) is 0.167. The highest BCUT2D eigenvalue weighted by Gasteiger charge is 2.20. The number of pyridine rings is 2. The van der Waals surface area contributed by atoms with Crippen molar-refractivity contribution in [2.75, 3.05) is 7.11 Å². The van der Waals surface area contributed by atoms with Crippen LogP contribution < -0.4 is 16.0 Å². The van der Waals surface area contributed by atoms with Gasteiger partial charge in [-0.05, 0) is 49.7 Å². The van der Waals surface area contributed by atoms with Crippen molar-refractivity contribution >= 4 is 16.7 Å². The highest BCUT2D eigenvalue weighted by Crippen LogP contribution is 2.24. The average molecular weight is 427 g/mol. The Labute approximate surface area is 183 Å². The fourth-order valence-corrected chi connectivity index (χ4v) is 4.07. The smallest absolute Gasteiger partial charge is 0.337 e. The molecular formula is C24H21N5O3. The first-order valence-electron chi connectivity index (χ1n) is 10.2. The average Bonchev–Trinajstić information content (AvgIpc) is 3.19. The zero-order chi connectivity index (χ0) is 22.4. The van der Waals surface area contributed by atoms with Crippen molar-refractivity contribution in [2.24, 2.45) is 0 Å². The largest absolute Gasteiger partial charge is 0.495 e. The van der Waals surface area contributed by atoms with Gasteiger partial charge >= 0.3 is 5.69 Å². The van der Waals surface area contributed by atoms with Crippen molar-refractivity contribution in [3.05, 3.63) is 98.7 Å². The van der Waals surface area contributed by atoms with E-state index in [1.807, 2.05) is 67.0 Å². The standard InChI is InChI=1S/C24H21N5O3/c1-15-12-16(2)25-22-21(15)23(30)28(14-17-13-27-11-7-6-10-20(27)26-17)24(31)29(22)18-8-4-5-9-19(18)32-3/h4-13H,14H2,1-3H3. The van der Waals surface area contributed by atoms with Crippen LogP contribution in [0.15, 0.2) is 70.5 Å². The molecule has 8 heteroatoms. The SMILES string of the molecule is COc1ccccc1-n1c(=O)n(Cc2cn3ccccc3n2)c(=O)c2c(C)cc(C)nc21. The predicted molar refractivity (Wildman–Crippen MR) is 122 cm³/mol. The molecule has 5 rings (SSSR count). The number of nitrogens with zero attached hydrogens (tertiary/aromatic N) is 5. The second-order valence-electron chi connectivity index (χ2n) is 7.66. The summed E-state index contributed by atoms with van der Waals surface area (Å²) in [5.41, 5.74) is 2.77. The van der Waals surface area contributed by atoms with Crippen molar-refractivity contribution < 1.29 is 4.74 Å². The molecule has 0 radical (unpaired) electrons. The van der Waals surface area contributed by atoms with Gasteiger partial charge in [0.1, 0.15) is 11.4 Å². The summed E-state index contributed by atoms with van der Waals surface area (Å²) in [6.45, 7) is 3.73. The van der Waals surface area contributed by atoms with Gasteiger partial charge in [-0.3, -0.25) is 9.36 Å². The number of benzene rings is 1. The van der Waals surface area contributed by atoms with Crippen LogP contribution in [0.5, 0.6) is 5.75 Å². The van der Waals surface area contributed by atoms with E-state index in [9.17, 15) is 9.59 Å². The number of hydrogen-bond acceptors (Lipinski definition) is 5. The molecule has 8 nitrogen and oxygen atoms in total. The number of para-hydroxylation sites is 2. The van der Waals surface area contributed by atoms with Gasteiger partial charge in [-0.1, -0.05) is 18.2 Å². The molecule has 0 saturated heterocycles. The maximum absolute atomic E-state index is 13.7. The predicted octanol–water partition coefficient (Wildman–Crippen LogP) is 2.87. The maximum Gasteiger partial charge on any atom is 0.337 e. The molecule has 0 aliphatic heterocycles. The zero-order valence-electron chi connectivity index (χ0n) is 17.9. The van der Waals surface area contributed by atoms with E-state index in [-0.39, 0.29) is 6.54 Å². The van der Waals surface area contributed by atoms with Gasteiger partial charge in [0.2, 0.25) is 0 Å². The second kappa shape index (κ2) is 7.49. The van der Waals surface area contributed by atoms with Gasteiger partial charge in [0.15, 0.2) is 5.65 Å². The van der Waals surface area contributed by atoms with E-state index >= 15 is 0 Å². The number of aromatic nitrogens is 5. The minimum atomic E-state index is -0.499. The van der Waals surface area contributed by atoms with Gasteiger partial charge < -0.3 is 9.14 Å². The van der Waals surface area contributed by atoms with E-state index in [0.29, 0.717) is 28.2 Å². The Morgan fingerprint density at radius 2 is 1.78 bits per heavy atom. The molecule has 0 bridgehead atoms. The van der Waals surface area contributed by atoms with Crippen LogP contribution in [0.3, 0.4) is 0 Å². The Hall–Kier alpha value is -4.20. The van der Waals surface area contributed by atoms with E-state index < -0.39 is 11.2 Å². The van der Waals surface area contributed by atoms with Crippen molar-refractivity contribution in [3.8, 4) is 11.4 Å². The Morgan fingerprint density at radius 1 is 1.00 bits per heavy atom. The summed E-state index contributed by atoms with van der Waals surface area (Å²) in [6, 6.07) is 14.7. The van der Waals surface area contributed by atoms with Crippen LogP contribution in [0.4, 0.5) is 0 Å². The molecule has 0 unspecified atom stereocenters. The molecule has 0 spiro atoms. The lowest BCUT2D eigenvalue weighted by Gasteiger charge is -2.16. The Balaban J connectivity index is 1.84. The van der Waals surface area contributed by atoms with Gasteiger partial charge in [0.05, 0.1) is 30.4 Å². The summed E-state index contributed by atoms with van der Waals surface area (Å²) in [5, 5.41) is 0.393. The molecule has 5 aromatic rings. The molecule has 0 atom stereocenters. The maximum atomic E-state index is 13.7. The van der Waals surface area contributed by atoms with Gasteiger partial charge in [0, 0.05) is 18.1 Å². The molecule has 0 saturated carbocycles.